The van der Waals surface area contributed by atoms with E-state index in [2.05, 4.69) is 16.0 Å². The largest absolute Gasteiger partial charge is 0.481 e. The van der Waals surface area contributed by atoms with E-state index in [-0.39, 0.29) is 0 Å². The predicted molar refractivity (Wildman–Crippen MR) is 101 cm³/mol. The molecule has 5 atom stereocenters. The van der Waals surface area contributed by atoms with Crippen LogP contribution in [0.2, 0.25) is 0 Å². The number of carboxylic acid groups (broad SMARTS) is 3. The Morgan fingerprint density at radius 1 is 0.767 bits per heavy atom. The van der Waals surface area contributed by atoms with Gasteiger partial charge in [-0.1, -0.05) is 20.3 Å². The number of nitrogens with two attached hydrogens (primary N) is 1. The van der Waals surface area contributed by atoms with E-state index in [0.717, 1.165) is 0 Å². The molecule has 0 rings (SSSR count). The zero-order valence-corrected chi connectivity index (χ0v) is 16.9. The standard InChI is InChI=1S/C17H28N4O9/c1-4-7(2)13(17(29)30)21-16(28)10(6-12(24)25)20-15(27)9(5-11(22)23)19-14(26)8(3)18/h7-10,13H,4-6,18H2,1-3H3,(H,19,26)(H,20,27)(H,21,28)(H,22,23)(H,24,25)(H,29,30). The maximum atomic E-state index is 12.4. The van der Waals surface area contributed by atoms with Crippen LogP contribution >= 0.6 is 0 Å². The summed E-state index contributed by atoms with van der Waals surface area (Å²) in [4.78, 5) is 70.0. The average molecular weight is 432 g/mol. The second kappa shape index (κ2) is 12.4. The third kappa shape index (κ3) is 9.32. The minimum atomic E-state index is -1.70. The number of nitrogens with one attached hydrogen (secondary N) is 3. The number of carbonyl (C=O) groups is 6. The van der Waals surface area contributed by atoms with Gasteiger partial charge in [-0.3, -0.25) is 24.0 Å². The third-order valence-corrected chi connectivity index (χ3v) is 4.21. The molecule has 0 aliphatic heterocycles. The van der Waals surface area contributed by atoms with Gasteiger partial charge in [0.15, 0.2) is 0 Å². The quantitative estimate of drug-likeness (QED) is 0.167. The Bertz CT molecular complexity index is 680. The van der Waals surface area contributed by atoms with E-state index in [4.69, 9.17) is 15.9 Å². The normalized spacial score (nSPS) is 15.6. The molecule has 0 aliphatic rings. The van der Waals surface area contributed by atoms with Crippen molar-refractivity contribution in [2.45, 2.75) is 64.2 Å². The van der Waals surface area contributed by atoms with Gasteiger partial charge in [-0.15, -0.1) is 0 Å². The lowest BCUT2D eigenvalue weighted by Gasteiger charge is -2.25. The Balaban J connectivity index is 5.53. The summed E-state index contributed by atoms with van der Waals surface area (Å²) in [6, 6.07) is -5.72. The van der Waals surface area contributed by atoms with E-state index < -0.39 is 78.6 Å². The Labute approximate surface area is 172 Å². The lowest BCUT2D eigenvalue weighted by Crippen LogP contribution is -2.58. The fourth-order valence-corrected chi connectivity index (χ4v) is 2.28. The van der Waals surface area contributed by atoms with Crippen LogP contribution in [0, 0.1) is 5.92 Å². The van der Waals surface area contributed by atoms with E-state index in [1.54, 1.807) is 13.8 Å². The predicted octanol–water partition coefficient (Wildman–Crippen LogP) is -2.13. The van der Waals surface area contributed by atoms with Gasteiger partial charge in [0.25, 0.3) is 0 Å². The highest BCUT2D eigenvalue weighted by Crippen LogP contribution is 2.09. The monoisotopic (exact) mass is 432 g/mol. The second-order valence-electron chi connectivity index (χ2n) is 6.82. The summed E-state index contributed by atoms with van der Waals surface area (Å²) >= 11 is 0. The van der Waals surface area contributed by atoms with Crippen molar-refractivity contribution in [2.24, 2.45) is 11.7 Å². The minimum absolute atomic E-state index is 0.400. The van der Waals surface area contributed by atoms with Gasteiger partial charge in [0, 0.05) is 0 Å². The first-order valence-corrected chi connectivity index (χ1v) is 9.13. The van der Waals surface area contributed by atoms with Crippen molar-refractivity contribution < 1.29 is 44.1 Å². The lowest BCUT2D eigenvalue weighted by atomic mass is 9.98. The summed E-state index contributed by atoms with van der Waals surface area (Å²) in [7, 11) is 0. The average Bonchev–Trinajstić information content (AvgIpc) is 2.62. The molecular formula is C17H28N4O9. The van der Waals surface area contributed by atoms with Gasteiger partial charge in [-0.2, -0.15) is 0 Å². The van der Waals surface area contributed by atoms with E-state index in [1.807, 2.05) is 0 Å². The molecule has 0 spiro atoms. The van der Waals surface area contributed by atoms with Crippen LogP contribution in [-0.4, -0.2) is 75.1 Å². The lowest BCUT2D eigenvalue weighted by molar-refractivity contribution is -0.145. The van der Waals surface area contributed by atoms with Gasteiger partial charge >= 0.3 is 17.9 Å². The van der Waals surface area contributed by atoms with Gasteiger partial charge in [0.2, 0.25) is 17.7 Å². The summed E-state index contributed by atoms with van der Waals surface area (Å²) in [5, 5.41) is 33.6. The van der Waals surface area contributed by atoms with Crippen LogP contribution in [0.1, 0.15) is 40.0 Å². The molecule has 0 aromatic rings. The van der Waals surface area contributed by atoms with Crippen molar-refractivity contribution >= 4 is 35.6 Å². The zero-order chi connectivity index (χ0) is 23.6. The molecule has 0 aromatic carbocycles. The van der Waals surface area contributed by atoms with Crippen LogP contribution in [0.15, 0.2) is 0 Å². The van der Waals surface area contributed by atoms with E-state index in [9.17, 15) is 33.9 Å². The number of carboxylic acids is 3. The van der Waals surface area contributed by atoms with E-state index in [0.29, 0.717) is 6.42 Å². The molecule has 0 aromatic heterocycles. The highest BCUT2D eigenvalue weighted by atomic mass is 16.4. The zero-order valence-electron chi connectivity index (χ0n) is 16.9. The van der Waals surface area contributed by atoms with Crippen LogP contribution in [0.4, 0.5) is 0 Å². The highest BCUT2D eigenvalue weighted by molar-refractivity contribution is 5.96. The molecule has 0 radical (unpaired) electrons. The van der Waals surface area contributed by atoms with Crippen LogP contribution in [0.25, 0.3) is 0 Å². The first-order chi connectivity index (χ1) is 13.8. The maximum absolute atomic E-state index is 12.4. The number of amides is 3. The van der Waals surface area contributed by atoms with E-state index >= 15 is 0 Å². The van der Waals surface area contributed by atoms with Crippen LogP contribution in [-0.2, 0) is 28.8 Å². The molecule has 5 unspecified atom stereocenters. The van der Waals surface area contributed by atoms with Crippen molar-refractivity contribution in [3.63, 3.8) is 0 Å². The number of aliphatic carboxylic acids is 3. The number of hydrogen-bond acceptors (Lipinski definition) is 7. The molecule has 0 heterocycles. The molecule has 0 bridgehead atoms. The molecule has 0 fully saturated rings. The number of hydrogen-bond donors (Lipinski definition) is 7. The molecular weight excluding hydrogens is 404 g/mol. The number of carbonyl (C=O) groups excluding carboxylic acids is 3. The maximum Gasteiger partial charge on any atom is 0.326 e. The van der Waals surface area contributed by atoms with Crippen molar-refractivity contribution in [3.05, 3.63) is 0 Å². The van der Waals surface area contributed by atoms with Gasteiger partial charge < -0.3 is 37.0 Å². The first-order valence-electron chi connectivity index (χ1n) is 9.13. The Kier molecular flexibility index (Phi) is 11.0. The third-order valence-electron chi connectivity index (χ3n) is 4.21. The minimum Gasteiger partial charge on any atom is -0.481 e. The molecule has 13 nitrogen and oxygen atoms in total. The molecule has 30 heavy (non-hydrogen) atoms. The molecule has 0 saturated heterocycles. The van der Waals surface area contributed by atoms with Crippen LogP contribution in [0.5, 0.6) is 0 Å². The first kappa shape index (κ1) is 26.8. The number of rotatable bonds is 13. The van der Waals surface area contributed by atoms with Gasteiger partial charge in [0.05, 0.1) is 18.9 Å². The van der Waals surface area contributed by atoms with E-state index in [1.165, 1.54) is 6.92 Å². The summed E-state index contributed by atoms with van der Waals surface area (Å²) in [6.45, 7) is 4.56. The summed E-state index contributed by atoms with van der Waals surface area (Å²) in [6.07, 6.45) is -1.35. The Hall–Kier alpha value is -3.22. The van der Waals surface area contributed by atoms with Crippen LogP contribution < -0.4 is 21.7 Å². The second-order valence-corrected chi connectivity index (χ2v) is 6.82. The molecule has 8 N–H and O–H groups in total. The summed E-state index contributed by atoms with van der Waals surface area (Å²) in [5.74, 6) is -7.79. The highest BCUT2D eigenvalue weighted by Gasteiger charge is 2.33. The molecule has 13 heteroatoms. The van der Waals surface area contributed by atoms with Crippen molar-refractivity contribution in [1.29, 1.82) is 0 Å². The molecule has 3 amide bonds. The van der Waals surface area contributed by atoms with Crippen molar-refractivity contribution in [1.82, 2.24) is 16.0 Å². The molecule has 0 saturated carbocycles. The Morgan fingerprint density at radius 2 is 1.17 bits per heavy atom. The topological polar surface area (TPSA) is 225 Å². The molecule has 0 aliphatic carbocycles. The fraction of sp³-hybridized carbons (Fsp3) is 0.647. The summed E-state index contributed by atoms with van der Waals surface area (Å²) < 4.78 is 0. The van der Waals surface area contributed by atoms with Gasteiger partial charge in [-0.25, -0.2) is 4.79 Å². The van der Waals surface area contributed by atoms with Gasteiger partial charge in [-0.05, 0) is 12.8 Å². The fourth-order valence-electron chi connectivity index (χ4n) is 2.28. The Morgan fingerprint density at radius 3 is 1.50 bits per heavy atom. The van der Waals surface area contributed by atoms with Crippen LogP contribution in [0.3, 0.4) is 0 Å². The SMILES string of the molecule is CCC(C)C(NC(=O)C(CC(=O)O)NC(=O)C(CC(=O)O)NC(=O)C(C)N)C(=O)O. The van der Waals surface area contributed by atoms with Gasteiger partial charge in [0.1, 0.15) is 18.1 Å². The van der Waals surface area contributed by atoms with Crippen molar-refractivity contribution in [2.75, 3.05) is 0 Å². The summed E-state index contributed by atoms with van der Waals surface area (Å²) in [5.41, 5.74) is 5.37. The van der Waals surface area contributed by atoms with Crippen molar-refractivity contribution in [3.8, 4) is 0 Å². The smallest absolute Gasteiger partial charge is 0.326 e. The molecule has 170 valence electrons.